The van der Waals surface area contributed by atoms with Gasteiger partial charge in [-0.25, -0.2) is 4.68 Å². The van der Waals surface area contributed by atoms with Gasteiger partial charge in [-0.1, -0.05) is 41.4 Å². The fourth-order valence-electron chi connectivity index (χ4n) is 2.34. The number of hydrogen-bond acceptors (Lipinski definition) is 3. The number of hydrogen-bond donors (Lipinski definition) is 0. The molecule has 0 saturated heterocycles. The Morgan fingerprint density at radius 2 is 2.04 bits per heavy atom. The quantitative estimate of drug-likeness (QED) is 0.743. The van der Waals surface area contributed by atoms with E-state index in [1.54, 1.807) is 17.8 Å². The van der Waals surface area contributed by atoms with Gasteiger partial charge in [-0.3, -0.25) is 4.79 Å². The van der Waals surface area contributed by atoms with E-state index in [4.69, 9.17) is 16.9 Å². The molecule has 2 rings (SSSR count). The van der Waals surface area contributed by atoms with Gasteiger partial charge >= 0.3 is 0 Å². The van der Waals surface area contributed by atoms with Crippen LogP contribution in [0, 0.1) is 25.2 Å². The highest BCUT2D eigenvalue weighted by Crippen LogP contribution is 2.22. The van der Waals surface area contributed by atoms with Crippen molar-refractivity contribution in [3.63, 3.8) is 0 Å². The summed E-state index contributed by atoms with van der Waals surface area (Å²) in [4.78, 5) is 13.5. The van der Waals surface area contributed by atoms with Crippen molar-refractivity contribution < 1.29 is 4.79 Å². The third-order valence-electron chi connectivity index (χ3n) is 3.89. The Morgan fingerprint density at radius 3 is 2.68 bits per heavy atom. The number of halogens is 1. The Labute approximate surface area is 153 Å². The Bertz CT molecular complexity index is 815. The van der Waals surface area contributed by atoms with Crippen LogP contribution in [0.5, 0.6) is 0 Å². The van der Waals surface area contributed by atoms with Gasteiger partial charge in [0.25, 0.3) is 0 Å². The average Bonchev–Trinajstić information content (AvgIpc) is 2.86. The lowest BCUT2D eigenvalue weighted by Crippen LogP contribution is -2.25. The van der Waals surface area contributed by atoms with Crippen molar-refractivity contribution in [3.05, 3.63) is 57.9 Å². The third-order valence-corrected chi connectivity index (χ3v) is 4.29. The molecule has 0 spiro atoms. The maximum absolute atomic E-state index is 12.0. The minimum atomic E-state index is -0.169. The maximum Gasteiger partial charge on any atom is 0.246 e. The standard InChI is InChI=1S/C19H21ClN4O/c1-14-5-7-16(8-6-14)13-24-19(20)17(15(2)22-24)9-10-18(25)23(3)12-4-11-21/h5-10H,4,12-13H2,1-3H3/b10-9+. The van der Waals surface area contributed by atoms with Crippen molar-refractivity contribution in [1.82, 2.24) is 14.7 Å². The van der Waals surface area contributed by atoms with E-state index in [0.717, 1.165) is 16.8 Å². The zero-order valence-electron chi connectivity index (χ0n) is 14.7. The van der Waals surface area contributed by atoms with Crippen LogP contribution in [0.15, 0.2) is 30.3 Å². The number of aryl methyl sites for hydroxylation is 2. The molecule has 130 valence electrons. The van der Waals surface area contributed by atoms with Crippen molar-refractivity contribution in [2.75, 3.05) is 13.6 Å². The molecule has 0 bridgehead atoms. The van der Waals surface area contributed by atoms with Gasteiger partial charge in [-0.2, -0.15) is 10.4 Å². The zero-order valence-corrected chi connectivity index (χ0v) is 15.4. The van der Waals surface area contributed by atoms with E-state index in [0.29, 0.717) is 24.7 Å². The number of likely N-dealkylation sites (N-methyl/N-ethyl adjacent to an activating group) is 1. The average molecular weight is 357 g/mol. The molecule has 0 fully saturated rings. The molecule has 0 atom stereocenters. The van der Waals surface area contributed by atoms with E-state index < -0.39 is 0 Å². The van der Waals surface area contributed by atoms with Crippen LogP contribution in [0.2, 0.25) is 5.15 Å². The summed E-state index contributed by atoms with van der Waals surface area (Å²) in [7, 11) is 1.67. The van der Waals surface area contributed by atoms with Crippen molar-refractivity contribution >= 4 is 23.6 Å². The monoisotopic (exact) mass is 356 g/mol. The van der Waals surface area contributed by atoms with Crippen molar-refractivity contribution in [2.24, 2.45) is 0 Å². The molecule has 2 aromatic rings. The molecule has 0 radical (unpaired) electrons. The molecule has 0 unspecified atom stereocenters. The summed E-state index contributed by atoms with van der Waals surface area (Å²) in [5, 5.41) is 13.5. The second kappa shape index (κ2) is 8.50. The fraction of sp³-hybridized carbons (Fsp3) is 0.316. The normalized spacial score (nSPS) is 10.8. The molecular formula is C19H21ClN4O. The van der Waals surface area contributed by atoms with Gasteiger partial charge < -0.3 is 4.90 Å². The Hall–Kier alpha value is -2.58. The number of nitrogens with zero attached hydrogens (tertiary/aromatic N) is 4. The molecule has 0 aliphatic carbocycles. The molecule has 0 saturated carbocycles. The summed E-state index contributed by atoms with van der Waals surface area (Å²) in [5.74, 6) is -0.169. The predicted octanol–water partition coefficient (Wildman–Crippen LogP) is 3.59. The number of carbonyl (C=O) groups excluding carboxylic acids is 1. The van der Waals surface area contributed by atoms with Crippen LogP contribution in [0.1, 0.15) is 28.8 Å². The van der Waals surface area contributed by atoms with Crippen molar-refractivity contribution in [1.29, 1.82) is 5.26 Å². The van der Waals surface area contributed by atoms with Gasteiger partial charge in [0.05, 0.1) is 24.7 Å². The van der Waals surface area contributed by atoms with Gasteiger partial charge in [0, 0.05) is 25.2 Å². The zero-order chi connectivity index (χ0) is 18.4. The third kappa shape index (κ3) is 4.94. The highest BCUT2D eigenvalue weighted by atomic mass is 35.5. The van der Waals surface area contributed by atoms with Crippen LogP contribution in [0.25, 0.3) is 6.08 Å². The molecule has 0 aliphatic heterocycles. The molecule has 0 N–H and O–H groups in total. The van der Waals surface area contributed by atoms with Crippen LogP contribution in [-0.4, -0.2) is 34.2 Å². The molecule has 1 heterocycles. The molecule has 0 aliphatic rings. The highest BCUT2D eigenvalue weighted by molar-refractivity contribution is 6.31. The first-order chi connectivity index (χ1) is 11.9. The van der Waals surface area contributed by atoms with Crippen LogP contribution in [-0.2, 0) is 11.3 Å². The van der Waals surface area contributed by atoms with Crippen molar-refractivity contribution in [2.45, 2.75) is 26.8 Å². The van der Waals surface area contributed by atoms with Crippen LogP contribution in [0.4, 0.5) is 0 Å². The molecule has 1 amide bonds. The van der Waals surface area contributed by atoms with E-state index in [2.05, 4.69) is 17.2 Å². The highest BCUT2D eigenvalue weighted by Gasteiger charge is 2.12. The number of rotatable bonds is 6. The summed E-state index contributed by atoms with van der Waals surface area (Å²) < 4.78 is 1.73. The lowest BCUT2D eigenvalue weighted by Gasteiger charge is -2.12. The fourth-order valence-corrected chi connectivity index (χ4v) is 2.63. The second-order valence-electron chi connectivity index (χ2n) is 5.93. The summed E-state index contributed by atoms with van der Waals surface area (Å²) in [6, 6.07) is 10.2. The number of benzene rings is 1. The van der Waals surface area contributed by atoms with Gasteiger partial charge in [-0.15, -0.1) is 0 Å². The minimum absolute atomic E-state index is 0.169. The maximum atomic E-state index is 12.0. The molecule has 5 nitrogen and oxygen atoms in total. The van der Waals surface area contributed by atoms with E-state index in [1.165, 1.54) is 16.5 Å². The van der Waals surface area contributed by atoms with Gasteiger partial charge in [0.15, 0.2) is 0 Å². The topological polar surface area (TPSA) is 61.9 Å². The largest absolute Gasteiger partial charge is 0.341 e. The second-order valence-corrected chi connectivity index (χ2v) is 6.29. The lowest BCUT2D eigenvalue weighted by atomic mass is 10.1. The van der Waals surface area contributed by atoms with E-state index in [-0.39, 0.29) is 5.91 Å². The number of carbonyl (C=O) groups is 1. The Kier molecular flexibility index (Phi) is 6.37. The van der Waals surface area contributed by atoms with Gasteiger partial charge in [0.2, 0.25) is 5.91 Å². The number of nitriles is 1. The van der Waals surface area contributed by atoms with E-state index in [9.17, 15) is 4.79 Å². The molecule has 25 heavy (non-hydrogen) atoms. The molecule has 1 aromatic heterocycles. The van der Waals surface area contributed by atoms with Gasteiger partial charge in [-0.05, 0) is 25.5 Å². The first kappa shape index (κ1) is 18.8. The number of aromatic nitrogens is 2. The van der Waals surface area contributed by atoms with Crippen LogP contribution in [0.3, 0.4) is 0 Å². The van der Waals surface area contributed by atoms with Crippen molar-refractivity contribution in [3.8, 4) is 6.07 Å². The Balaban J connectivity index is 2.13. The summed E-state index contributed by atoms with van der Waals surface area (Å²) >= 11 is 6.44. The molecule has 1 aromatic carbocycles. The lowest BCUT2D eigenvalue weighted by molar-refractivity contribution is -0.124. The smallest absolute Gasteiger partial charge is 0.246 e. The minimum Gasteiger partial charge on any atom is -0.341 e. The molecular weight excluding hydrogens is 336 g/mol. The molecule has 6 heteroatoms. The first-order valence-electron chi connectivity index (χ1n) is 8.01. The van der Waals surface area contributed by atoms with E-state index >= 15 is 0 Å². The summed E-state index contributed by atoms with van der Waals surface area (Å²) in [6.45, 7) is 4.88. The van der Waals surface area contributed by atoms with Crippen LogP contribution >= 0.6 is 11.6 Å². The summed E-state index contributed by atoms with van der Waals surface area (Å²) in [6.07, 6.45) is 3.45. The SMILES string of the molecule is Cc1ccc(Cn2nc(C)c(/C=C/C(=O)N(C)CCC#N)c2Cl)cc1. The van der Waals surface area contributed by atoms with E-state index in [1.807, 2.05) is 32.0 Å². The summed E-state index contributed by atoms with van der Waals surface area (Å²) in [5.41, 5.74) is 3.81. The Morgan fingerprint density at radius 1 is 1.36 bits per heavy atom. The van der Waals surface area contributed by atoms with Gasteiger partial charge in [0.1, 0.15) is 5.15 Å². The first-order valence-corrected chi connectivity index (χ1v) is 8.38. The number of amides is 1. The van der Waals surface area contributed by atoms with Crippen LogP contribution < -0.4 is 0 Å². The predicted molar refractivity (Wildman–Crippen MR) is 99.2 cm³/mol.